The average molecular weight is 382 g/mol. The normalized spacial score (nSPS) is 20.8. The maximum Gasteiger partial charge on any atom is 0.248 e. The van der Waals surface area contributed by atoms with Gasteiger partial charge in [-0.25, -0.2) is 0 Å². The molecule has 0 saturated carbocycles. The second-order valence-corrected chi connectivity index (χ2v) is 8.57. The van der Waals surface area contributed by atoms with Gasteiger partial charge in [0, 0.05) is 35.4 Å². The Kier molecular flexibility index (Phi) is 4.54. The van der Waals surface area contributed by atoms with Crippen molar-refractivity contribution in [2.45, 2.75) is 46.1 Å². The fourth-order valence-electron chi connectivity index (χ4n) is 4.22. The lowest BCUT2D eigenvalue weighted by Gasteiger charge is -2.30. The number of aryl methyl sites for hydroxylation is 1. The number of ether oxygens (including phenoxy) is 2. The maximum absolute atomic E-state index is 12.7. The van der Waals surface area contributed by atoms with Crippen molar-refractivity contribution >= 4 is 11.7 Å². The van der Waals surface area contributed by atoms with Crippen LogP contribution in [0.3, 0.4) is 0 Å². The molecule has 1 aromatic carbocycles. The number of hydrogen-bond acceptors (Lipinski definition) is 4. The van der Waals surface area contributed by atoms with Gasteiger partial charge in [-0.1, -0.05) is 13.8 Å². The third kappa shape index (κ3) is 3.33. The predicted molar refractivity (Wildman–Crippen MR) is 105 cm³/mol. The Hall–Kier alpha value is -2.60. The largest absolute Gasteiger partial charge is 0.486 e. The molecule has 1 aromatic heterocycles. The first-order valence-electron chi connectivity index (χ1n) is 9.68. The predicted octanol–water partition coefficient (Wildman–Crippen LogP) is 3.21. The second kappa shape index (κ2) is 6.78. The Morgan fingerprint density at radius 2 is 2.07 bits per heavy atom. The first-order valence-corrected chi connectivity index (χ1v) is 9.68. The molecule has 1 unspecified atom stereocenters. The zero-order chi connectivity index (χ0) is 20.1. The van der Waals surface area contributed by atoms with Gasteiger partial charge in [0.25, 0.3) is 0 Å². The lowest BCUT2D eigenvalue weighted by Crippen LogP contribution is -2.28. The molecule has 1 aliphatic heterocycles. The Labute approximate surface area is 164 Å². The summed E-state index contributed by atoms with van der Waals surface area (Å²) in [7, 11) is 0. The van der Waals surface area contributed by atoms with E-state index in [0.29, 0.717) is 30.9 Å². The van der Waals surface area contributed by atoms with Crippen LogP contribution in [0.2, 0.25) is 0 Å². The highest BCUT2D eigenvalue weighted by molar-refractivity contribution is 5.99. The first kappa shape index (κ1) is 18.7. The fraction of sp³-hybridized carbons (Fsp3) is 0.455. The van der Waals surface area contributed by atoms with Crippen LogP contribution < -0.4 is 10.5 Å². The highest BCUT2D eigenvalue weighted by atomic mass is 16.5. The maximum atomic E-state index is 12.7. The molecule has 1 saturated heterocycles. The molecule has 2 aromatic rings. The molecule has 0 bridgehead atoms. The molecule has 6 nitrogen and oxygen atoms in total. The van der Waals surface area contributed by atoms with Crippen molar-refractivity contribution in [2.75, 3.05) is 13.2 Å². The lowest BCUT2D eigenvalue weighted by molar-refractivity contribution is 0.0910. The average Bonchev–Trinajstić information content (AvgIpc) is 3.22. The number of aromatic nitrogens is 1. The lowest BCUT2D eigenvalue weighted by atomic mass is 9.76. The number of carbonyl (C=O) groups is 2. The van der Waals surface area contributed by atoms with Crippen molar-refractivity contribution in [1.29, 1.82) is 0 Å². The molecule has 28 heavy (non-hydrogen) atoms. The number of nitrogens with zero attached hydrogens (tertiary/aromatic N) is 1. The highest BCUT2D eigenvalue weighted by Crippen LogP contribution is 2.39. The molecule has 1 atom stereocenters. The van der Waals surface area contributed by atoms with Crippen molar-refractivity contribution in [3.05, 3.63) is 46.8 Å². The van der Waals surface area contributed by atoms with Crippen LogP contribution in [-0.2, 0) is 11.2 Å². The Morgan fingerprint density at radius 1 is 1.29 bits per heavy atom. The van der Waals surface area contributed by atoms with Crippen LogP contribution in [0.5, 0.6) is 5.75 Å². The minimum Gasteiger partial charge on any atom is -0.486 e. The van der Waals surface area contributed by atoms with Gasteiger partial charge in [0.05, 0.1) is 18.9 Å². The van der Waals surface area contributed by atoms with Gasteiger partial charge in [0.15, 0.2) is 5.78 Å². The molecule has 1 amide bonds. The topological polar surface area (TPSA) is 83.6 Å². The zero-order valence-corrected chi connectivity index (χ0v) is 16.6. The molecule has 1 aliphatic carbocycles. The summed E-state index contributed by atoms with van der Waals surface area (Å²) >= 11 is 0. The van der Waals surface area contributed by atoms with Crippen LogP contribution in [0.1, 0.15) is 58.8 Å². The third-order valence-electron chi connectivity index (χ3n) is 5.54. The van der Waals surface area contributed by atoms with E-state index in [9.17, 15) is 9.59 Å². The fourth-order valence-corrected chi connectivity index (χ4v) is 4.22. The van der Waals surface area contributed by atoms with Crippen molar-refractivity contribution in [3.63, 3.8) is 0 Å². The van der Waals surface area contributed by atoms with Gasteiger partial charge in [0.1, 0.15) is 11.9 Å². The van der Waals surface area contributed by atoms with Crippen molar-refractivity contribution < 1.29 is 19.1 Å². The summed E-state index contributed by atoms with van der Waals surface area (Å²) in [6, 6.07) is 7.21. The van der Waals surface area contributed by atoms with Crippen LogP contribution in [0.4, 0.5) is 0 Å². The number of hydrogen-bond donors (Lipinski definition) is 1. The van der Waals surface area contributed by atoms with E-state index in [2.05, 4.69) is 18.4 Å². The van der Waals surface area contributed by atoms with Crippen LogP contribution in [0, 0.1) is 12.3 Å². The Balaban J connectivity index is 1.85. The highest BCUT2D eigenvalue weighted by Gasteiger charge is 2.35. The first-order chi connectivity index (χ1) is 13.2. The van der Waals surface area contributed by atoms with E-state index < -0.39 is 5.91 Å². The van der Waals surface area contributed by atoms with Gasteiger partial charge >= 0.3 is 0 Å². The number of carbonyl (C=O) groups excluding carboxylic acids is 2. The standard InChI is InChI=1S/C22H26N2O4/c1-13-8-16-18(10-22(2,3)11-19(16)25)24(13)17-5-4-14(21(23)26)9-20(17)28-15-6-7-27-12-15/h4-5,8-9,15H,6-7,10-12H2,1-3H3,(H2,23,26). The summed E-state index contributed by atoms with van der Waals surface area (Å²) in [6.07, 6.45) is 2.08. The van der Waals surface area contributed by atoms with E-state index in [1.54, 1.807) is 12.1 Å². The van der Waals surface area contributed by atoms with E-state index in [0.717, 1.165) is 35.5 Å². The number of ketones is 1. The van der Waals surface area contributed by atoms with Gasteiger partial charge in [-0.3, -0.25) is 9.59 Å². The smallest absolute Gasteiger partial charge is 0.248 e. The second-order valence-electron chi connectivity index (χ2n) is 8.57. The molecule has 0 spiro atoms. The summed E-state index contributed by atoms with van der Waals surface area (Å²) in [4.78, 5) is 24.4. The SMILES string of the molecule is Cc1cc2c(n1-c1ccc(C(N)=O)cc1OC1CCOC1)CC(C)(C)CC2=O. The number of benzene rings is 1. The number of nitrogens with two attached hydrogens (primary N) is 1. The van der Waals surface area contributed by atoms with E-state index in [1.807, 2.05) is 19.1 Å². The third-order valence-corrected chi connectivity index (χ3v) is 5.54. The number of rotatable bonds is 4. The van der Waals surface area contributed by atoms with E-state index >= 15 is 0 Å². The molecule has 148 valence electrons. The van der Waals surface area contributed by atoms with Crippen molar-refractivity contribution in [3.8, 4) is 11.4 Å². The van der Waals surface area contributed by atoms with Gasteiger partial charge in [0.2, 0.25) is 5.91 Å². The molecule has 2 heterocycles. The minimum absolute atomic E-state index is 0.0633. The number of Topliss-reactive ketones (excluding diaryl/α,β-unsaturated/α-hetero) is 1. The Morgan fingerprint density at radius 3 is 2.75 bits per heavy atom. The summed E-state index contributed by atoms with van der Waals surface area (Å²) in [5, 5.41) is 0. The van der Waals surface area contributed by atoms with E-state index in [1.165, 1.54) is 0 Å². The quantitative estimate of drug-likeness (QED) is 0.880. The Bertz CT molecular complexity index is 952. The van der Waals surface area contributed by atoms with Crippen molar-refractivity contribution in [2.24, 2.45) is 11.1 Å². The van der Waals surface area contributed by atoms with Crippen LogP contribution in [-0.4, -0.2) is 35.6 Å². The minimum atomic E-state index is -0.498. The number of fused-ring (bicyclic) bond motifs is 1. The summed E-state index contributed by atoms with van der Waals surface area (Å²) in [6.45, 7) is 7.40. The molecule has 4 rings (SSSR count). The van der Waals surface area contributed by atoms with Crippen LogP contribution in [0.25, 0.3) is 5.69 Å². The molecule has 1 fully saturated rings. The van der Waals surface area contributed by atoms with Gasteiger partial charge in [-0.05, 0) is 43.0 Å². The molecule has 6 heteroatoms. The summed E-state index contributed by atoms with van der Waals surface area (Å²) < 4.78 is 13.7. The van der Waals surface area contributed by atoms with Gasteiger partial charge in [-0.15, -0.1) is 0 Å². The van der Waals surface area contributed by atoms with Gasteiger partial charge < -0.3 is 19.8 Å². The number of amides is 1. The summed E-state index contributed by atoms with van der Waals surface area (Å²) in [5.41, 5.74) is 9.35. The molecule has 2 aliphatic rings. The monoisotopic (exact) mass is 382 g/mol. The van der Waals surface area contributed by atoms with Crippen molar-refractivity contribution in [1.82, 2.24) is 4.57 Å². The number of primary amides is 1. The van der Waals surface area contributed by atoms with Gasteiger partial charge in [-0.2, -0.15) is 0 Å². The molecular weight excluding hydrogens is 356 g/mol. The van der Waals surface area contributed by atoms with E-state index in [-0.39, 0.29) is 17.3 Å². The molecule has 2 N–H and O–H groups in total. The summed E-state index contributed by atoms with van der Waals surface area (Å²) in [5.74, 6) is 0.263. The van der Waals surface area contributed by atoms with Crippen LogP contribution in [0.15, 0.2) is 24.3 Å². The van der Waals surface area contributed by atoms with E-state index in [4.69, 9.17) is 15.2 Å². The molecular formula is C22H26N2O4. The van der Waals surface area contributed by atoms with Crippen LogP contribution >= 0.6 is 0 Å². The molecule has 0 radical (unpaired) electrons. The zero-order valence-electron chi connectivity index (χ0n) is 16.6.